The van der Waals surface area contributed by atoms with Gasteiger partial charge in [-0.15, -0.1) is 0 Å². The number of imide groups is 1. The van der Waals surface area contributed by atoms with Crippen LogP contribution in [0.2, 0.25) is 5.02 Å². The molecule has 1 aliphatic carbocycles. The number of nitrogens with zero attached hydrogens (tertiary/aromatic N) is 1. The summed E-state index contributed by atoms with van der Waals surface area (Å²) < 4.78 is 0.676. The topological polar surface area (TPSA) is 37.4 Å². The van der Waals surface area contributed by atoms with Crippen molar-refractivity contribution >= 4 is 45.0 Å². The van der Waals surface area contributed by atoms with Crippen molar-refractivity contribution in [3.05, 3.63) is 27.7 Å². The smallest absolute Gasteiger partial charge is 0.237 e. The third kappa shape index (κ3) is 2.01. The Morgan fingerprint density at radius 3 is 2.32 bits per heavy atom. The summed E-state index contributed by atoms with van der Waals surface area (Å²) in [4.78, 5) is 26.2. The summed E-state index contributed by atoms with van der Waals surface area (Å²) >= 11 is 9.27. The summed E-state index contributed by atoms with van der Waals surface area (Å²) in [6.07, 6.45) is 1.63. The van der Waals surface area contributed by atoms with E-state index in [9.17, 15) is 9.59 Å². The van der Waals surface area contributed by atoms with Gasteiger partial charge in [0.1, 0.15) is 0 Å². The Morgan fingerprint density at radius 1 is 1.21 bits per heavy atom. The molecule has 100 valence electrons. The van der Waals surface area contributed by atoms with Crippen LogP contribution in [-0.2, 0) is 9.59 Å². The molecular weight excluding hydrogens is 330 g/mol. The molecule has 19 heavy (non-hydrogen) atoms. The molecule has 2 amide bonds. The van der Waals surface area contributed by atoms with Crippen molar-refractivity contribution in [2.24, 2.45) is 17.8 Å². The lowest BCUT2D eigenvalue weighted by atomic mass is 10.00. The first kappa shape index (κ1) is 13.1. The lowest BCUT2D eigenvalue weighted by Gasteiger charge is -2.18. The number of hydrogen-bond donors (Lipinski definition) is 0. The highest BCUT2D eigenvalue weighted by atomic mass is 79.9. The van der Waals surface area contributed by atoms with E-state index in [2.05, 4.69) is 22.9 Å². The number of fused-ring (bicyclic) bond motifs is 1. The van der Waals surface area contributed by atoms with Crippen molar-refractivity contribution in [2.45, 2.75) is 19.8 Å². The van der Waals surface area contributed by atoms with Crippen LogP contribution in [0.5, 0.6) is 0 Å². The molecule has 2 unspecified atom stereocenters. The van der Waals surface area contributed by atoms with Gasteiger partial charge in [0.25, 0.3) is 0 Å². The van der Waals surface area contributed by atoms with Gasteiger partial charge in [-0.2, -0.15) is 0 Å². The highest BCUT2D eigenvalue weighted by Gasteiger charge is 2.52. The molecule has 1 saturated carbocycles. The number of rotatable bonds is 1. The van der Waals surface area contributed by atoms with Gasteiger partial charge in [0.05, 0.1) is 17.5 Å². The molecule has 1 aromatic rings. The predicted octanol–water partition coefficient (Wildman–Crippen LogP) is 3.64. The number of hydrogen-bond acceptors (Lipinski definition) is 2. The molecule has 0 radical (unpaired) electrons. The lowest BCUT2D eigenvalue weighted by Crippen LogP contribution is -2.32. The fraction of sp³-hybridized carbons (Fsp3) is 0.429. The molecule has 0 bridgehead atoms. The Labute approximate surface area is 125 Å². The van der Waals surface area contributed by atoms with Gasteiger partial charge in [0.15, 0.2) is 0 Å². The molecule has 5 heteroatoms. The molecular formula is C14H13BrClNO2. The summed E-state index contributed by atoms with van der Waals surface area (Å²) in [6, 6.07) is 5.11. The molecule has 2 fully saturated rings. The van der Waals surface area contributed by atoms with Crippen molar-refractivity contribution in [1.82, 2.24) is 0 Å². The fourth-order valence-electron chi connectivity index (χ4n) is 3.18. The van der Waals surface area contributed by atoms with Gasteiger partial charge < -0.3 is 0 Å². The average molecular weight is 343 g/mol. The molecule has 0 aromatic heterocycles. The summed E-state index contributed by atoms with van der Waals surface area (Å²) in [5.74, 6) is 0.0543. The van der Waals surface area contributed by atoms with E-state index < -0.39 is 0 Å². The Bertz CT molecular complexity index is 551. The summed E-state index contributed by atoms with van der Waals surface area (Å²) in [5.41, 5.74) is 0.599. The summed E-state index contributed by atoms with van der Waals surface area (Å²) in [5, 5.41) is 0.573. The van der Waals surface area contributed by atoms with Gasteiger partial charge in [0.2, 0.25) is 11.8 Å². The number of carbonyl (C=O) groups excluding carboxylic acids is 2. The largest absolute Gasteiger partial charge is 0.274 e. The molecule has 3 rings (SSSR count). The van der Waals surface area contributed by atoms with Crippen molar-refractivity contribution in [3.63, 3.8) is 0 Å². The van der Waals surface area contributed by atoms with Crippen molar-refractivity contribution < 1.29 is 9.59 Å². The van der Waals surface area contributed by atoms with Gasteiger partial charge in [-0.05, 0) is 52.9 Å². The third-order valence-electron chi connectivity index (χ3n) is 4.02. The number of anilines is 1. The zero-order valence-electron chi connectivity index (χ0n) is 10.4. The zero-order valence-corrected chi connectivity index (χ0v) is 12.7. The fourth-order valence-corrected chi connectivity index (χ4v) is 4.04. The minimum Gasteiger partial charge on any atom is -0.274 e. The maximum Gasteiger partial charge on any atom is 0.237 e. The van der Waals surface area contributed by atoms with E-state index in [0.29, 0.717) is 21.1 Å². The first-order valence-electron chi connectivity index (χ1n) is 6.32. The molecule has 1 saturated heterocycles. The van der Waals surface area contributed by atoms with E-state index in [0.717, 1.165) is 12.8 Å². The van der Waals surface area contributed by atoms with Crippen LogP contribution in [0.25, 0.3) is 0 Å². The summed E-state index contributed by atoms with van der Waals surface area (Å²) in [6.45, 7) is 2.10. The number of carbonyl (C=O) groups is 2. The second-order valence-corrected chi connectivity index (χ2v) is 6.69. The van der Waals surface area contributed by atoms with E-state index in [4.69, 9.17) is 11.6 Å². The Kier molecular flexibility index (Phi) is 3.18. The van der Waals surface area contributed by atoms with Crippen LogP contribution in [0.3, 0.4) is 0 Å². The lowest BCUT2D eigenvalue weighted by molar-refractivity contribution is -0.123. The highest BCUT2D eigenvalue weighted by Crippen LogP contribution is 2.45. The van der Waals surface area contributed by atoms with Gasteiger partial charge in [-0.25, -0.2) is 4.90 Å². The van der Waals surface area contributed by atoms with Crippen LogP contribution >= 0.6 is 27.5 Å². The van der Waals surface area contributed by atoms with E-state index >= 15 is 0 Å². The van der Waals surface area contributed by atoms with E-state index in [-0.39, 0.29) is 23.7 Å². The van der Waals surface area contributed by atoms with Crippen LogP contribution < -0.4 is 4.90 Å². The molecule has 1 aliphatic heterocycles. The van der Waals surface area contributed by atoms with Gasteiger partial charge in [-0.3, -0.25) is 9.59 Å². The molecule has 1 aromatic carbocycles. The van der Waals surface area contributed by atoms with Crippen LogP contribution in [0.15, 0.2) is 22.7 Å². The van der Waals surface area contributed by atoms with Crippen molar-refractivity contribution in [1.29, 1.82) is 0 Å². The van der Waals surface area contributed by atoms with Gasteiger partial charge in [-0.1, -0.05) is 18.5 Å². The number of halogens is 2. The monoisotopic (exact) mass is 341 g/mol. The SMILES string of the molecule is CC1CC2C(=O)N(c3ccc(Cl)cc3Br)C(=O)C2C1. The number of amides is 2. The van der Waals surface area contributed by atoms with Crippen molar-refractivity contribution in [3.8, 4) is 0 Å². The molecule has 1 heterocycles. The quantitative estimate of drug-likeness (QED) is 0.731. The summed E-state index contributed by atoms with van der Waals surface area (Å²) in [7, 11) is 0. The van der Waals surface area contributed by atoms with Gasteiger partial charge in [0, 0.05) is 9.50 Å². The van der Waals surface area contributed by atoms with E-state index in [1.165, 1.54) is 4.90 Å². The standard InChI is InChI=1S/C14H13BrClNO2/c1-7-4-9-10(5-7)14(19)17(13(9)18)12-3-2-8(16)6-11(12)15/h2-3,6-7,9-10H,4-5H2,1H3. The van der Waals surface area contributed by atoms with Crippen LogP contribution in [-0.4, -0.2) is 11.8 Å². The maximum absolute atomic E-state index is 12.4. The first-order valence-corrected chi connectivity index (χ1v) is 7.49. The Balaban J connectivity index is 1.99. The molecule has 0 spiro atoms. The van der Waals surface area contributed by atoms with Crippen LogP contribution in [0.4, 0.5) is 5.69 Å². The molecule has 2 atom stereocenters. The highest BCUT2D eigenvalue weighted by molar-refractivity contribution is 9.10. The van der Waals surface area contributed by atoms with Crippen LogP contribution in [0.1, 0.15) is 19.8 Å². The molecule has 0 N–H and O–H groups in total. The van der Waals surface area contributed by atoms with E-state index in [1.54, 1.807) is 18.2 Å². The molecule has 2 aliphatic rings. The normalized spacial score (nSPS) is 30.1. The van der Waals surface area contributed by atoms with E-state index in [1.807, 2.05) is 0 Å². The zero-order chi connectivity index (χ0) is 13.7. The minimum atomic E-state index is -0.134. The second kappa shape index (κ2) is 4.60. The maximum atomic E-state index is 12.4. The van der Waals surface area contributed by atoms with Gasteiger partial charge >= 0.3 is 0 Å². The number of benzene rings is 1. The predicted molar refractivity (Wildman–Crippen MR) is 77.0 cm³/mol. The average Bonchev–Trinajstić information content (AvgIpc) is 2.82. The first-order chi connectivity index (χ1) is 8.99. The third-order valence-corrected chi connectivity index (χ3v) is 4.89. The minimum absolute atomic E-state index is 0.0672. The second-order valence-electron chi connectivity index (χ2n) is 5.40. The Morgan fingerprint density at radius 2 is 1.79 bits per heavy atom. The van der Waals surface area contributed by atoms with Crippen LogP contribution in [0, 0.1) is 17.8 Å². The Hall–Kier alpha value is -0.870. The molecule has 3 nitrogen and oxygen atoms in total. The van der Waals surface area contributed by atoms with Crippen molar-refractivity contribution in [2.75, 3.05) is 4.90 Å².